The van der Waals surface area contributed by atoms with Crippen molar-refractivity contribution in [2.45, 2.75) is 26.3 Å². The molecule has 0 radical (unpaired) electrons. The van der Waals surface area contributed by atoms with E-state index in [1.54, 1.807) is 36.7 Å². The van der Waals surface area contributed by atoms with E-state index in [1.165, 1.54) is 7.11 Å². The molecule has 2 amide bonds. The maximum atomic E-state index is 12.6. The SMILES string of the molecule is COc1ccccc1C(=O)NC(C(=O)NCCc1cccnc1)C(C)C. The van der Waals surface area contributed by atoms with Gasteiger partial charge in [0.25, 0.3) is 5.91 Å². The molecule has 0 aliphatic heterocycles. The molecule has 6 nitrogen and oxygen atoms in total. The summed E-state index contributed by atoms with van der Waals surface area (Å²) in [6.07, 6.45) is 4.17. The lowest BCUT2D eigenvalue weighted by Crippen LogP contribution is -2.50. The van der Waals surface area contributed by atoms with Crippen LogP contribution in [0.1, 0.15) is 29.8 Å². The van der Waals surface area contributed by atoms with Crippen LogP contribution in [0.2, 0.25) is 0 Å². The van der Waals surface area contributed by atoms with Crippen molar-refractivity contribution in [3.8, 4) is 5.75 Å². The number of carbonyl (C=O) groups is 2. The van der Waals surface area contributed by atoms with Crippen molar-refractivity contribution in [3.05, 3.63) is 59.9 Å². The van der Waals surface area contributed by atoms with Gasteiger partial charge in [0, 0.05) is 18.9 Å². The molecule has 0 aliphatic carbocycles. The number of nitrogens with zero attached hydrogens (tertiary/aromatic N) is 1. The lowest BCUT2D eigenvalue weighted by Gasteiger charge is -2.22. The first-order chi connectivity index (χ1) is 12.5. The maximum Gasteiger partial charge on any atom is 0.255 e. The van der Waals surface area contributed by atoms with Gasteiger partial charge < -0.3 is 15.4 Å². The highest BCUT2D eigenvalue weighted by atomic mass is 16.5. The maximum absolute atomic E-state index is 12.6. The molecule has 1 unspecified atom stereocenters. The van der Waals surface area contributed by atoms with Crippen molar-refractivity contribution in [1.29, 1.82) is 0 Å². The molecule has 1 heterocycles. The lowest BCUT2D eigenvalue weighted by molar-refractivity contribution is -0.123. The second kappa shape index (κ2) is 9.56. The Kier molecular flexibility index (Phi) is 7.14. The van der Waals surface area contributed by atoms with Crippen LogP contribution in [0.3, 0.4) is 0 Å². The summed E-state index contributed by atoms with van der Waals surface area (Å²) in [5.41, 5.74) is 1.45. The van der Waals surface area contributed by atoms with Crippen LogP contribution in [-0.2, 0) is 11.2 Å². The van der Waals surface area contributed by atoms with Gasteiger partial charge in [-0.1, -0.05) is 32.0 Å². The summed E-state index contributed by atoms with van der Waals surface area (Å²) in [5, 5.41) is 5.70. The molecule has 138 valence electrons. The predicted molar refractivity (Wildman–Crippen MR) is 100 cm³/mol. The first-order valence-corrected chi connectivity index (χ1v) is 8.63. The van der Waals surface area contributed by atoms with Crippen molar-refractivity contribution in [2.75, 3.05) is 13.7 Å². The second-order valence-electron chi connectivity index (χ2n) is 6.30. The molecule has 1 aromatic heterocycles. The zero-order valence-corrected chi connectivity index (χ0v) is 15.4. The molecule has 2 aromatic rings. The molecule has 0 spiro atoms. The van der Waals surface area contributed by atoms with Gasteiger partial charge in [0.1, 0.15) is 11.8 Å². The van der Waals surface area contributed by atoms with E-state index in [1.807, 2.05) is 26.0 Å². The summed E-state index contributed by atoms with van der Waals surface area (Å²) >= 11 is 0. The van der Waals surface area contributed by atoms with Gasteiger partial charge in [0.15, 0.2) is 0 Å². The minimum atomic E-state index is -0.624. The number of methoxy groups -OCH3 is 1. The number of carbonyl (C=O) groups excluding carboxylic acids is 2. The van der Waals surface area contributed by atoms with Gasteiger partial charge in [0.2, 0.25) is 5.91 Å². The number of ether oxygens (including phenoxy) is 1. The van der Waals surface area contributed by atoms with E-state index >= 15 is 0 Å². The number of hydrogen-bond acceptors (Lipinski definition) is 4. The number of benzene rings is 1. The van der Waals surface area contributed by atoms with Crippen molar-refractivity contribution in [2.24, 2.45) is 5.92 Å². The van der Waals surface area contributed by atoms with Crippen molar-refractivity contribution >= 4 is 11.8 Å². The van der Waals surface area contributed by atoms with Gasteiger partial charge >= 0.3 is 0 Å². The van der Waals surface area contributed by atoms with E-state index in [2.05, 4.69) is 15.6 Å². The average Bonchev–Trinajstić information content (AvgIpc) is 2.66. The van der Waals surface area contributed by atoms with Crippen molar-refractivity contribution in [1.82, 2.24) is 15.6 Å². The number of amides is 2. The number of nitrogens with one attached hydrogen (secondary N) is 2. The summed E-state index contributed by atoms with van der Waals surface area (Å²) in [6.45, 7) is 4.28. The topological polar surface area (TPSA) is 80.3 Å². The predicted octanol–water partition coefficient (Wildman–Crippen LogP) is 2.20. The Hall–Kier alpha value is -2.89. The molecule has 1 atom stereocenters. The monoisotopic (exact) mass is 355 g/mol. The summed E-state index contributed by atoms with van der Waals surface area (Å²) < 4.78 is 5.22. The highest BCUT2D eigenvalue weighted by molar-refractivity contribution is 5.99. The zero-order chi connectivity index (χ0) is 18.9. The molecular formula is C20H25N3O3. The molecule has 0 aliphatic rings. The molecular weight excluding hydrogens is 330 g/mol. The molecule has 2 rings (SSSR count). The highest BCUT2D eigenvalue weighted by Gasteiger charge is 2.25. The Bertz CT molecular complexity index is 732. The van der Waals surface area contributed by atoms with Crippen molar-refractivity contribution in [3.63, 3.8) is 0 Å². The average molecular weight is 355 g/mol. The van der Waals surface area contributed by atoms with Crippen LogP contribution in [0.15, 0.2) is 48.8 Å². The van der Waals surface area contributed by atoms with E-state index in [0.717, 1.165) is 5.56 Å². The third kappa shape index (κ3) is 5.31. The van der Waals surface area contributed by atoms with Crippen LogP contribution < -0.4 is 15.4 Å². The van der Waals surface area contributed by atoms with Gasteiger partial charge in [0.05, 0.1) is 12.7 Å². The molecule has 0 fully saturated rings. The van der Waals surface area contributed by atoms with Crippen LogP contribution in [0.5, 0.6) is 5.75 Å². The Morgan fingerprint density at radius 2 is 1.92 bits per heavy atom. The van der Waals surface area contributed by atoms with Gasteiger partial charge in [-0.15, -0.1) is 0 Å². The van der Waals surface area contributed by atoms with Crippen LogP contribution >= 0.6 is 0 Å². The minimum absolute atomic E-state index is 0.0490. The first-order valence-electron chi connectivity index (χ1n) is 8.63. The van der Waals surface area contributed by atoms with Crippen LogP contribution in [-0.4, -0.2) is 36.5 Å². The van der Waals surface area contributed by atoms with E-state index in [9.17, 15) is 9.59 Å². The number of rotatable bonds is 8. The summed E-state index contributed by atoms with van der Waals surface area (Å²) in [4.78, 5) is 29.1. The standard InChI is InChI=1S/C20H25N3O3/c1-14(2)18(20(25)22-12-10-15-7-6-11-21-13-15)23-19(24)16-8-4-5-9-17(16)26-3/h4-9,11,13-14,18H,10,12H2,1-3H3,(H,22,25)(H,23,24). The normalized spacial score (nSPS) is 11.7. The Labute approximate surface area is 154 Å². The Morgan fingerprint density at radius 3 is 2.58 bits per heavy atom. The number of para-hydroxylation sites is 1. The highest BCUT2D eigenvalue weighted by Crippen LogP contribution is 2.17. The molecule has 1 aromatic carbocycles. The van der Waals surface area contributed by atoms with E-state index in [0.29, 0.717) is 24.3 Å². The van der Waals surface area contributed by atoms with Crippen LogP contribution in [0.4, 0.5) is 0 Å². The molecule has 6 heteroatoms. The van der Waals surface area contributed by atoms with Crippen molar-refractivity contribution < 1.29 is 14.3 Å². The van der Waals surface area contributed by atoms with Gasteiger partial charge in [-0.2, -0.15) is 0 Å². The molecule has 0 bridgehead atoms. The lowest BCUT2D eigenvalue weighted by atomic mass is 10.0. The molecule has 26 heavy (non-hydrogen) atoms. The summed E-state index contributed by atoms with van der Waals surface area (Å²) in [7, 11) is 1.51. The third-order valence-corrected chi connectivity index (χ3v) is 4.02. The quantitative estimate of drug-likeness (QED) is 0.761. The summed E-state index contributed by atoms with van der Waals surface area (Å²) in [6, 6.07) is 10.1. The fraction of sp³-hybridized carbons (Fsp3) is 0.350. The van der Waals surface area contributed by atoms with Gasteiger partial charge in [-0.25, -0.2) is 0 Å². The van der Waals surface area contributed by atoms with Gasteiger partial charge in [-0.05, 0) is 36.1 Å². The van der Waals surface area contributed by atoms with E-state index in [-0.39, 0.29) is 17.7 Å². The number of aromatic nitrogens is 1. The fourth-order valence-electron chi connectivity index (χ4n) is 2.57. The molecule has 0 saturated heterocycles. The number of hydrogen-bond donors (Lipinski definition) is 2. The number of pyridine rings is 1. The second-order valence-corrected chi connectivity index (χ2v) is 6.30. The fourth-order valence-corrected chi connectivity index (χ4v) is 2.57. The first kappa shape index (κ1) is 19.4. The smallest absolute Gasteiger partial charge is 0.255 e. The Balaban J connectivity index is 1.96. The van der Waals surface area contributed by atoms with Crippen LogP contribution in [0, 0.1) is 5.92 Å². The molecule has 2 N–H and O–H groups in total. The largest absolute Gasteiger partial charge is 0.496 e. The van der Waals surface area contributed by atoms with Gasteiger partial charge in [-0.3, -0.25) is 14.6 Å². The Morgan fingerprint density at radius 1 is 1.15 bits per heavy atom. The van der Waals surface area contributed by atoms with E-state index < -0.39 is 6.04 Å². The third-order valence-electron chi connectivity index (χ3n) is 4.02. The van der Waals surface area contributed by atoms with E-state index in [4.69, 9.17) is 4.74 Å². The summed E-state index contributed by atoms with van der Waals surface area (Å²) in [5.74, 6) is -0.104. The van der Waals surface area contributed by atoms with Crippen LogP contribution in [0.25, 0.3) is 0 Å². The zero-order valence-electron chi connectivity index (χ0n) is 15.4. The molecule has 0 saturated carbocycles. The minimum Gasteiger partial charge on any atom is -0.496 e.